The number of methoxy groups -OCH3 is 2. The zero-order valence-corrected chi connectivity index (χ0v) is 15.7. The van der Waals surface area contributed by atoms with E-state index in [-0.39, 0.29) is 5.91 Å². The SMILES string of the molecule is COc1ccc(C(=O)NCc2ccc(-c3csc(C)n3)cc2)c(OC)c1. The third-order valence-corrected chi connectivity index (χ3v) is 4.75. The van der Waals surface area contributed by atoms with Gasteiger partial charge in [0, 0.05) is 23.6 Å². The van der Waals surface area contributed by atoms with Gasteiger partial charge in [0.2, 0.25) is 0 Å². The Morgan fingerprint density at radius 2 is 1.88 bits per heavy atom. The van der Waals surface area contributed by atoms with Gasteiger partial charge in [-0.2, -0.15) is 0 Å². The van der Waals surface area contributed by atoms with Crippen molar-refractivity contribution in [2.75, 3.05) is 14.2 Å². The minimum absolute atomic E-state index is 0.191. The second-order valence-electron chi connectivity index (χ2n) is 5.70. The highest BCUT2D eigenvalue weighted by Gasteiger charge is 2.13. The summed E-state index contributed by atoms with van der Waals surface area (Å²) in [5.41, 5.74) is 3.54. The monoisotopic (exact) mass is 368 g/mol. The number of thiazole rings is 1. The molecule has 1 amide bonds. The Morgan fingerprint density at radius 1 is 1.12 bits per heavy atom. The highest BCUT2D eigenvalue weighted by atomic mass is 32.1. The van der Waals surface area contributed by atoms with E-state index in [1.807, 2.05) is 36.6 Å². The number of nitrogens with one attached hydrogen (secondary N) is 1. The van der Waals surface area contributed by atoms with Crippen LogP contribution in [0.1, 0.15) is 20.9 Å². The third kappa shape index (κ3) is 4.03. The van der Waals surface area contributed by atoms with Crippen LogP contribution in [0, 0.1) is 6.92 Å². The predicted molar refractivity (Wildman–Crippen MR) is 103 cm³/mol. The Labute approximate surface area is 156 Å². The van der Waals surface area contributed by atoms with E-state index in [1.165, 1.54) is 7.11 Å². The van der Waals surface area contributed by atoms with E-state index in [1.54, 1.807) is 36.6 Å². The molecule has 3 rings (SSSR count). The van der Waals surface area contributed by atoms with Crippen molar-refractivity contribution in [3.63, 3.8) is 0 Å². The van der Waals surface area contributed by atoms with E-state index >= 15 is 0 Å². The molecular weight excluding hydrogens is 348 g/mol. The number of benzene rings is 2. The van der Waals surface area contributed by atoms with E-state index in [9.17, 15) is 4.79 Å². The minimum Gasteiger partial charge on any atom is -0.497 e. The van der Waals surface area contributed by atoms with Gasteiger partial charge < -0.3 is 14.8 Å². The van der Waals surface area contributed by atoms with Crippen LogP contribution in [0.25, 0.3) is 11.3 Å². The Kier molecular flexibility index (Phi) is 5.53. The number of aromatic nitrogens is 1. The summed E-state index contributed by atoms with van der Waals surface area (Å²) >= 11 is 1.63. The summed E-state index contributed by atoms with van der Waals surface area (Å²) in [6.45, 7) is 2.43. The van der Waals surface area contributed by atoms with Crippen LogP contribution in [0.4, 0.5) is 0 Å². The summed E-state index contributed by atoms with van der Waals surface area (Å²) < 4.78 is 10.4. The van der Waals surface area contributed by atoms with Crippen molar-refractivity contribution in [2.45, 2.75) is 13.5 Å². The van der Waals surface area contributed by atoms with Gasteiger partial charge >= 0.3 is 0 Å². The van der Waals surface area contributed by atoms with Crippen LogP contribution in [-0.4, -0.2) is 25.1 Å². The Balaban J connectivity index is 1.66. The quantitative estimate of drug-likeness (QED) is 0.713. The van der Waals surface area contributed by atoms with Crippen molar-refractivity contribution in [1.82, 2.24) is 10.3 Å². The van der Waals surface area contributed by atoms with Gasteiger partial charge in [-0.3, -0.25) is 4.79 Å². The lowest BCUT2D eigenvalue weighted by Gasteiger charge is -2.11. The lowest BCUT2D eigenvalue weighted by Crippen LogP contribution is -2.23. The number of rotatable bonds is 6. The zero-order valence-electron chi connectivity index (χ0n) is 14.9. The molecule has 2 aromatic carbocycles. The molecule has 6 heteroatoms. The average Bonchev–Trinajstić information content (AvgIpc) is 3.12. The lowest BCUT2D eigenvalue weighted by molar-refractivity contribution is 0.0948. The molecule has 0 saturated carbocycles. The van der Waals surface area contributed by atoms with E-state index in [0.717, 1.165) is 21.8 Å². The van der Waals surface area contributed by atoms with Crippen molar-refractivity contribution in [2.24, 2.45) is 0 Å². The molecule has 134 valence electrons. The molecule has 0 unspecified atom stereocenters. The molecule has 0 aliphatic heterocycles. The summed E-state index contributed by atoms with van der Waals surface area (Å²) in [7, 11) is 3.11. The summed E-state index contributed by atoms with van der Waals surface area (Å²) in [4.78, 5) is 16.9. The highest BCUT2D eigenvalue weighted by Crippen LogP contribution is 2.25. The van der Waals surface area contributed by atoms with Crippen LogP contribution in [-0.2, 0) is 6.54 Å². The fraction of sp³-hybridized carbons (Fsp3) is 0.200. The van der Waals surface area contributed by atoms with Crippen LogP contribution in [0.2, 0.25) is 0 Å². The van der Waals surface area contributed by atoms with Crippen molar-refractivity contribution in [3.05, 3.63) is 64.0 Å². The summed E-state index contributed by atoms with van der Waals surface area (Å²) in [5.74, 6) is 0.936. The molecule has 1 aromatic heterocycles. The smallest absolute Gasteiger partial charge is 0.255 e. The van der Waals surface area contributed by atoms with Crippen LogP contribution in [0.5, 0.6) is 11.5 Å². The van der Waals surface area contributed by atoms with Crippen molar-refractivity contribution in [3.8, 4) is 22.8 Å². The second kappa shape index (κ2) is 8.01. The van der Waals surface area contributed by atoms with Crippen LogP contribution in [0.3, 0.4) is 0 Å². The van der Waals surface area contributed by atoms with E-state index in [2.05, 4.69) is 10.3 Å². The van der Waals surface area contributed by atoms with Crippen molar-refractivity contribution in [1.29, 1.82) is 0 Å². The first-order valence-corrected chi connectivity index (χ1v) is 9.00. The average molecular weight is 368 g/mol. The van der Waals surface area contributed by atoms with Gasteiger partial charge in [0.05, 0.1) is 30.5 Å². The number of carbonyl (C=O) groups excluding carboxylic acids is 1. The lowest BCUT2D eigenvalue weighted by atomic mass is 10.1. The fourth-order valence-corrected chi connectivity index (χ4v) is 3.18. The number of hydrogen-bond acceptors (Lipinski definition) is 5. The first-order chi connectivity index (χ1) is 12.6. The molecule has 1 heterocycles. The van der Waals surface area contributed by atoms with Gasteiger partial charge in [-0.05, 0) is 24.6 Å². The number of carbonyl (C=O) groups is 1. The predicted octanol–water partition coefficient (Wildman–Crippen LogP) is 4.07. The van der Waals surface area contributed by atoms with E-state index in [4.69, 9.17) is 9.47 Å². The van der Waals surface area contributed by atoms with Crippen LogP contribution < -0.4 is 14.8 Å². The van der Waals surface area contributed by atoms with E-state index in [0.29, 0.717) is 23.6 Å². The molecule has 0 spiro atoms. The standard InChI is InChI=1S/C20H20N2O3S/c1-13-22-18(12-26-13)15-6-4-14(5-7-15)11-21-20(23)17-9-8-16(24-2)10-19(17)25-3/h4-10,12H,11H2,1-3H3,(H,21,23). The van der Waals surface area contributed by atoms with Gasteiger partial charge in [-0.25, -0.2) is 4.98 Å². The molecular formula is C20H20N2O3S. The fourth-order valence-electron chi connectivity index (χ4n) is 2.55. The van der Waals surface area contributed by atoms with Gasteiger partial charge in [0.25, 0.3) is 5.91 Å². The minimum atomic E-state index is -0.191. The van der Waals surface area contributed by atoms with Gasteiger partial charge in [0.15, 0.2) is 0 Å². The molecule has 0 aliphatic rings. The van der Waals surface area contributed by atoms with Crippen molar-refractivity contribution < 1.29 is 14.3 Å². The summed E-state index contributed by atoms with van der Waals surface area (Å²) in [6, 6.07) is 13.2. The number of hydrogen-bond donors (Lipinski definition) is 1. The first-order valence-electron chi connectivity index (χ1n) is 8.12. The van der Waals surface area contributed by atoms with Gasteiger partial charge in [-0.1, -0.05) is 24.3 Å². The van der Waals surface area contributed by atoms with Gasteiger partial charge in [-0.15, -0.1) is 11.3 Å². The maximum Gasteiger partial charge on any atom is 0.255 e. The molecule has 0 atom stereocenters. The Morgan fingerprint density at radius 3 is 2.50 bits per heavy atom. The maximum atomic E-state index is 12.4. The first kappa shape index (κ1) is 17.9. The van der Waals surface area contributed by atoms with Crippen molar-refractivity contribution >= 4 is 17.2 Å². The van der Waals surface area contributed by atoms with E-state index < -0.39 is 0 Å². The summed E-state index contributed by atoms with van der Waals surface area (Å²) in [5, 5.41) is 6.01. The molecule has 5 nitrogen and oxygen atoms in total. The third-order valence-electron chi connectivity index (χ3n) is 3.98. The van der Waals surface area contributed by atoms with Gasteiger partial charge in [0.1, 0.15) is 11.5 Å². The molecule has 0 fully saturated rings. The van der Waals surface area contributed by atoms with Crippen LogP contribution in [0.15, 0.2) is 47.8 Å². The zero-order chi connectivity index (χ0) is 18.5. The molecule has 0 aliphatic carbocycles. The molecule has 0 saturated heterocycles. The highest BCUT2D eigenvalue weighted by molar-refractivity contribution is 7.09. The molecule has 0 radical (unpaired) electrons. The number of ether oxygens (including phenoxy) is 2. The molecule has 26 heavy (non-hydrogen) atoms. The number of aryl methyl sites for hydroxylation is 1. The molecule has 1 N–H and O–H groups in total. The topological polar surface area (TPSA) is 60.5 Å². The Hall–Kier alpha value is -2.86. The normalized spacial score (nSPS) is 10.4. The maximum absolute atomic E-state index is 12.4. The summed E-state index contributed by atoms with van der Waals surface area (Å²) in [6.07, 6.45) is 0. The molecule has 0 bridgehead atoms. The second-order valence-corrected chi connectivity index (χ2v) is 6.76. The van der Waals surface area contributed by atoms with Crippen LogP contribution >= 0.6 is 11.3 Å². The number of nitrogens with zero attached hydrogens (tertiary/aromatic N) is 1. The number of amides is 1. The Bertz CT molecular complexity index is 904. The largest absolute Gasteiger partial charge is 0.497 e. The molecule has 3 aromatic rings.